The van der Waals surface area contributed by atoms with Gasteiger partial charge in [-0.25, -0.2) is 4.79 Å². The van der Waals surface area contributed by atoms with E-state index in [4.69, 9.17) is 0 Å². The summed E-state index contributed by atoms with van der Waals surface area (Å²) in [6, 6.07) is 8.88. The summed E-state index contributed by atoms with van der Waals surface area (Å²) in [6.07, 6.45) is 3.25. The van der Waals surface area contributed by atoms with Gasteiger partial charge in [-0.2, -0.15) is 0 Å². The van der Waals surface area contributed by atoms with Crippen LogP contribution in [0.3, 0.4) is 0 Å². The number of carbonyl (C=O) groups is 2. The highest BCUT2D eigenvalue weighted by atomic mass is 16.5. The Hall–Kier alpha value is -1.64. The summed E-state index contributed by atoms with van der Waals surface area (Å²) in [6.45, 7) is 6.67. The van der Waals surface area contributed by atoms with E-state index in [0.717, 1.165) is 12.8 Å². The van der Waals surface area contributed by atoms with Gasteiger partial charge in [0.1, 0.15) is 5.78 Å². The maximum absolute atomic E-state index is 11.6. The van der Waals surface area contributed by atoms with Crippen molar-refractivity contribution in [1.29, 1.82) is 0 Å². The van der Waals surface area contributed by atoms with Crippen molar-refractivity contribution in [3.8, 4) is 0 Å². The Morgan fingerprint density at radius 1 is 1.19 bits per heavy atom. The van der Waals surface area contributed by atoms with E-state index in [2.05, 4.69) is 25.5 Å². The van der Waals surface area contributed by atoms with Crippen LogP contribution in [0.4, 0.5) is 0 Å². The maximum atomic E-state index is 11.6. The van der Waals surface area contributed by atoms with Crippen molar-refractivity contribution in [1.82, 2.24) is 0 Å². The molecule has 1 aromatic carbocycles. The van der Waals surface area contributed by atoms with Gasteiger partial charge >= 0.3 is 5.97 Å². The summed E-state index contributed by atoms with van der Waals surface area (Å²) in [4.78, 5) is 22.4. The first-order valence-corrected chi connectivity index (χ1v) is 7.49. The second-order valence-electron chi connectivity index (χ2n) is 6.77. The average Bonchev–Trinajstić information content (AvgIpc) is 2.81. The summed E-state index contributed by atoms with van der Waals surface area (Å²) in [7, 11) is 1.37. The van der Waals surface area contributed by atoms with Crippen LogP contribution >= 0.6 is 0 Å². The molecule has 3 nitrogen and oxygen atoms in total. The summed E-state index contributed by atoms with van der Waals surface area (Å²) in [5, 5.41) is 0. The minimum Gasteiger partial charge on any atom is -0.465 e. The van der Waals surface area contributed by atoms with Gasteiger partial charge in [0.05, 0.1) is 12.7 Å². The highest BCUT2D eigenvalue weighted by molar-refractivity contribution is 5.89. The number of rotatable bonds is 1. The lowest BCUT2D eigenvalue weighted by molar-refractivity contribution is -0.128. The number of benzene rings is 1. The molecule has 0 spiro atoms. The van der Waals surface area contributed by atoms with Crippen molar-refractivity contribution in [2.24, 2.45) is 16.7 Å². The van der Waals surface area contributed by atoms with Crippen LogP contribution in [0.2, 0.25) is 0 Å². The molecule has 114 valence electrons. The van der Waals surface area contributed by atoms with Crippen LogP contribution in [0.1, 0.15) is 50.4 Å². The van der Waals surface area contributed by atoms with Crippen molar-refractivity contribution < 1.29 is 14.3 Å². The summed E-state index contributed by atoms with van der Waals surface area (Å²) >= 11 is 0. The van der Waals surface area contributed by atoms with Gasteiger partial charge in [-0.15, -0.1) is 0 Å². The monoisotopic (exact) mass is 288 g/mol. The Kier molecular flexibility index (Phi) is 4.22. The van der Waals surface area contributed by atoms with Gasteiger partial charge < -0.3 is 4.74 Å². The van der Waals surface area contributed by atoms with Crippen molar-refractivity contribution in [2.45, 2.75) is 40.0 Å². The predicted molar refractivity (Wildman–Crippen MR) is 82.0 cm³/mol. The molecule has 1 aromatic rings. The molecule has 0 aliphatic heterocycles. The molecule has 3 rings (SSSR count). The van der Waals surface area contributed by atoms with Gasteiger partial charge in [0.15, 0.2) is 0 Å². The molecule has 2 atom stereocenters. The number of hydrogen-bond donors (Lipinski definition) is 0. The van der Waals surface area contributed by atoms with Crippen LogP contribution in [0.15, 0.2) is 30.3 Å². The molecular weight excluding hydrogens is 264 g/mol. The van der Waals surface area contributed by atoms with Crippen molar-refractivity contribution in [3.05, 3.63) is 35.9 Å². The third-order valence-corrected chi connectivity index (χ3v) is 5.68. The highest BCUT2D eigenvalue weighted by Gasteiger charge is 2.61. The lowest BCUT2D eigenvalue weighted by atomic mass is 9.70. The van der Waals surface area contributed by atoms with Gasteiger partial charge in [0, 0.05) is 11.8 Å². The molecule has 0 aromatic heterocycles. The highest BCUT2D eigenvalue weighted by Crippen LogP contribution is 2.63. The topological polar surface area (TPSA) is 43.4 Å². The molecule has 2 aliphatic carbocycles. The first kappa shape index (κ1) is 15.7. The van der Waals surface area contributed by atoms with Gasteiger partial charge in [0.25, 0.3) is 0 Å². The normalized spacial score (nSPS) is 28.8. The number of hydrogen-bond acceptors (Lipinski definition) is 3. The minimum atomic E-state index is -0.291. The summed E-state index contributed by atoms with van der Waals surface area (Å²) in [5.74, 6) is 0.902. The SMILES string of the molecule is CC12CCC(CC1=O)C2(C)C.COC(=O)c1ccccc1. The minimum absolute atomic E-state index is 0.0255. The lowest BCUT2D eigenvalue weighted by Gasteiger charge is -2.32. The molecule has 21 heavy (non-hydrogen) atoms. The third-order valence-electron chi connectivity index (χ3n) is 5.68. The number of methoxy groups -OCH3 is 1. The fourth-order valence-electron chi connectivity index (χ4n) is 3.59. The van der Waals surface area contributed by atoms with E-state index in [1.165, 1.54) is 13.5 Å². The second kappa shape index (κ2) is 5.63. The van der Waals surface area contributed by atoms with Crippen LogP contribution in [0.5, 0.6) is 0 Å². The summed E-state index contributed by atoms with van der Waals surface area (Å²) < 4.78 is 4.50. The lowest BCUT2D eigenvalue weighted by Crippen LogP contribution is -2.32. The molecule has 2 aliphatic rings. The fraction of sp³-hybridized carbons (Fsp3) is 0.556. The number of ether oxygens (including phenoxy) is 1. The van der Waals surface area contributed by atoms with E-state index in [9.17, 15) is 9.59 Å². The average molecular weight is 288 g/mol. The van der Waals surface area contributed by atoms with Gasteiger partial charge in [0.2, 0.25) is 0 Å². The smallest absolute Gasteiger partial charge is 0.337 e. The number of Topliss-reactive ketones (excluding diaryl/α,β-unsaturated/α-hetero) is 1. The van der Waals surface area contributed by atoms with Crippen LogP contribution in [-0.4, -0.2) is 18.9 Å². The summed E-state index contributed by atoms with van der Waals surface area (Å²) in [5.41, 5.74) is 0.895. The zero-order valence-corrected chi connectivity index (χ0v) is 13.3. The van der Waals surface area contributed by atoms with E-state index >= 15 is 0 Å². The Morgan fingerprint density at radius 2 is 1.81 bits per heavy atom. The van der Waals surface area contributed by atoms with E-state index in [-0.39, 0.29) is 16.8 Å². The molecule has 2 saturated carbocycles. The van der Waals surface area contributed by atoms with E-state index in [1.807, 2.05) is 6.07 Å². The van der Waals surface area contributed by atoms with Crippen LogP contribution in [0.25, 0.3) is 0 Å². The zero-order chi connectivity index (χ0) is 15.7. The van der Waals surface area contributed by atoms with E-state index in [0.29, 0.717) is 17.3 Å². The molecular formula is C18H24O3. The number of fused-ring (bicyclic) bond motifs is 2. The first-order valence-electron chi connectivity index (χ1n) is 7.49. The maximum Gasteiger partial charge on any atom is 0.337 e. The molecule has 2 bridgehead atoms. The Morgan fingerprint density at radius 3 is 2.14 bits per heavy atom. The molecule has 0 radical (unpaired) electrons. The number of ketones is 1. The quantitative estimate of drug-likeness (QED) is 0.737. The zero-order valence-electron chi connectivity index (χ0n) is 13.3. The van der Waals surface area contributed by atoms with Crippen molar-refractivity contribution >= 4 is 11.8 Å². The van der Waals surface area contributed by atoms with Crippen molar-refractivity contribution in [2.75, 3.05) is 7.11 Å². The number of carbonyl (C=O) groups excluding carboxylic acids is 2. The fourth-order valence-corrected chi connectivity index (χ4v) is 3.59. The van der Waals surface area contributed by atoms with E-state index < -0.39 is 0 Å². The van der Waals surface area contributed by atoms with Crippen LogP contribution in [0, 0.1) is 16.7 Å². The third kappa shape index (κ3) is 2.61. The standard InChI is InChI=1S/C10H16O.C8H8O2/c1-9(2)7-4-5-10(9,3)8(11)6-7;1-10-8(9)7-5-3-2-4-6-7/h7H,4-6H2,1-3H3;2-6H,1H3. The predicted octanol–water partition coefficient (Wildman–Crippen LogP) is 3.87. The molecule has 0 amide bonds. The van der Waals surface area contributed by atoms with Crippen LogP contribution < -0.4 is 0 Å². The molecule has 2 unspecified atom stereocenters. The Labute approximate surface area is 126 Å². The number of esters is 1. The Balaban J connectivity index is 0.000000155. The van der Waals surface area contributed by atoms with Gasteiger partial charge in [-0.3, -0.25) is 4.79 Å². The largest absolute Gasteiger partial charge is 0.465 e. The molecule has 0 heterocycles. The first-order chi connectivity index (χ1) is 9.83. The van der Waals surface area contributed by atoms with Gasteiger partial charge in [-0.1, -0.05) is 39.0 Å². The second-order valence-corrected chi connectivity index (χ2v) is 6.77. The molecule has 0 N–H and O–H groups in total. The molecule has 2 fully saturated rings. The van der Waals surface area contributed by atoms with Gasteiger partial charge in [-0.05, 0) is 36.3 Å². The Bertz CT molecular complexity index is 533. The van der Waals surface area contributed by atoms with Crippen LogP contribution in [-0.2, 0) is 9.53 Å². The molecule has 3 heteroatoms. The van der Waals surface area contributed by atoms with Crippen molar-refractivity contribution in [3.63, 3.8) is 0 Å². The molecule has 0 saturated heterocycles. The van der Waals surface area contributed by atoms with E-state index in [1.54, 1.807) is 24.3 Å².